The molecule has 4 aromatic rings. The maximum Gasteiger partial charge on any atom is 0.254 e. The van der Waals surface area contributed by atoms with Gasteiger partial charge >= 0.3 is 0 Å². The molecule has 158 valence electrons. The number of fused-ring (bicyclic) bond motifs is 1. The molecule has 0 radical (unpaired) electrons. The topological polar surface area (TPSA) is 59.3 Å². The number of nitrogens with one attached hydrogen (secondary N) is 1. The van der Waals surface area contributed by atoms with Crippen molar-refractivity contribution < 1.29 is 4.79 Å². The van der Waals surface area contributed by atoms with Gasteiger partial charge < -0.3 is 5.32 Å². The second-order valence-electron chi connectivity index (χ2n) is 7.93. The maximum atomic E-state index is 13.1. The summed E-state index contributed by atoms with van der Waals surface area (Å²) in [5.41, 5.74) is 6.53. The Labute approximate surface area is 183 Å². The van der Waals surface area contributed by atoms with Gasteiger partial charge in [0.05, 0.1) is 17.0 Å². The lowest BCUT2D eigenvalue weighted by Crippen LogP contribution is -2.34. The van der Waals surface area contributed by atoms with E-state index in [1.165, 1.54) is 5.56 Å². The number of nitrogens with zero attached hydrogens (tertiary/aromatic N) is 3. The normalized spacial score (nSPS) is 12.1. The van der Waals surface area contributed by atoms with Gasteiger partial charge in [-0.1, -0.05) is 67.6 Å². The fourth-order valence-electron chi connectivity index (χ4n) is 4.01. The van der Waals surface area contributed by atoms with Crippen molar-refractivity contribution >= 4 is 11.6 Å². The Kier molecular flexibility index (Phi) is 6.12. The lowest BCUT2D eigenvalue weighted by Gasteiger charge is -2.16. The van der Waals surface area contributed by atoms with Crippen LogP contribution in [0.3, 0.4) is 0 Å². The van der Waals surface area contributed by atoms with E-state index in [4.69, 9.17) is 5.10 Å². The van der Waals surface area contributed by atoms with Crippen LogP contribution in [-0.4, -0.2) is 26.5 Å². The van der Waals surface area contributed by atoms with E-state index >= 15 is 0 Å². The molecule has 0 saturated carbocycles. The number of hydrogen-bond donors (Lipinski definition) is 1. The highest BCUT2D eigenvalue weighted by molar-refractivity contribution is 5.96. The first-order chi connectivity index (χ1) is 15.1. The van der Waals surface area contributed by atoms with Crippen LogP contribution in [0.5, 0.6) is 0 Å². The quantitative estimate of drug-likeness (QED) is 0.464. The van der Waals surface area contributed by atoms with E-state index in [-0.39, 0.29) is 11.9 Å². The Morgan fingerprint density at radius 1 is 1.06 bits per heavy atom. The van der Waals surface area contributed by atoms with Crippen molar-refractivity contribution in [2.45, 2.75) is 46.1 Å². The van der Waals surface area contributed by atoms with Crippen LogP contribution >= 0.6 is 0 Å². The molecule has 1 atom stereocenters. The Balaban J connectivity index is 1.58. The van der Waals surface area contributed by atoms with Crippen molar-refractivity contribution in [2.75, 3.05) is 0 Å². The van der Waals surface area contributed by atoms with Gasteiger partial charge in [-0.3, -0.25) is 4.79 Å². The SMILES string of the molecule is CCc1c(C(=O)NC(C)CCc2ccccc2)cnc2c(-c3ccccc3)c(C)nn12. The third-order valence-corrected chi connectivity index (χ3v) is 5.65. The average Bonchev–Trinajstić information content (AvgIpc) is 3.14. The first-order valence-electron chi connectivity index (χ1n) is 10.9. The number of benzene rings is 2. The number of aromatic nitrogens is 3. The molecular weight excluding hydrogens is 384 g/mol. The fraction of sp³-hybridized carbons (Fsp3) is 0.269. The number of amides is 1. The molecule has 1 amide bonds. The highest BCUT2D eigenvalue weighted by Gasteiger charge is 2.20. The Hall–Kier alpha value is -3.47. The van der Waals surface area contributed by atoms with Crippen LogP contribution in [-0.2, 0) is 12.8 Å². The largest absolute Gasteiger partial charge is 0.349 e. The van der Waals surface area contributed by atoms with Crippen LogP contribution in [0.25, 0.3) is 16.8 Å². The zero-order valence-electron chi connectivity index (χ0n) is 18.3. The Morgan fingerprint density at radius 3 is 2.42 bits per heavy atom. The Bertz CT molecular complexity index is 1180. The van der Waals surface area contributed by atoms with Crippen molar-refractivity contribution in [1.29, 1.82) is 0 Å². The van der Waals surface area contributed by atoms with Gasteiger partial charge in [-0.25, -0.2) is 9.50 Å². The molecule has 0 aliphatic heterocycles. The molecular formula is C26H28N4O. The van der Waals surface area contributed by atoms with Gasteiger partial charge in [-0.2, -0.15) is 5.10 Å². The van der Waals surface area contributed by atoms with Crippen LogP contribution in [0.4, 0.5) is 0 Å². The first-order valence-corrected chi connectivity index (χ1v) is 10.9. The summed E-state index contributed by atoms with van der Waals surface area (Å²) in [6.45, 7) is 6.08. The number of hydrogen-bond acceptors (Lipinski definition) is 3. The summed E-state index contributed by atoms with van der Waals surface area (Å²) < 4.78 is 1.83. The molecule has 1 unspecified atom stereocenters. The van der Waals surface area contributed by atoms with Crippen molar-refractivity contribution in [3.05, 3.63) is 89.4 Å². The number of carbonyl (C=O) groups is 1. The lowest BCUT2D eigenvalue weighted by atomic mass is 10.1. The third-order valence-electron chi connectivity index (χ3n) is 5.65. The molecule has 2 aromatic heterocycles. The van der Waals surface area contributed by atoms with E-state index in [9.17, 15) is 4.79 Å². The molecule has 1 N–H and O–H groups in total. The van der Waals surface area contributed by atoms with Crippen molar-refractivity contribution in [1.82, 2.24) is 19.9 Å². The van der Waals surface area contributed by atoms with E-state index in [1.807, 2.05) is 61.7 Å². The highest BCUT2D eigenvalue weighted by atomic mass is 16.1. The monoisotopic (exact) mass is 412 g/mol. The molecule has 0 aliphatic carbocycles. The van der Waals surface area contributed by atoms with Crippen LogP contribution in [0.1, 0.15) is 47.6 Å². The van der Waals surface area contributed by atoms with Crippen molar-refractivity contribution in [2.24, 2.45) is 0 Å². The minimum absolute atomic E-state index is 0.0624. The minimum atomic E-state index is -0.0961. The van der Waals surface area contributed by atoms with Gasteiger partial charge in [-0.05, 0) is 44.2 Å². The van der Waals surface area contributed by atoms with Crippen LogP contribution < -0.4 is 5.32 Å². The summed E-state index contributed by atoms with van der Waals surface area (Å²) in [5.74, 6) is -0.0961. The molecule has 0 spiro atoms. The summed E-state index contributed by atoms with van der Waals surface area (Å²) in [6, 6.07) is 20.5. The number of carbonyl (C=O) groups excluding carboxylic acids is 1. The van der Waals surface area contributed by atoms with Gasteiger partial charge in [0, 0.05) is 17.8 Å². The zero-order chi connectivity index (χ0) is 21.8. The number of rotatable bonds is 7. The first kappa shape index (κ1) is 20.8. The molecule has 31 heavy (non-hydrogen) atoms. The van der Waals surface area contributed by atoms with Crippen LogP contribution in [0.15, 0.2) is 66.9 Å². The summed E-state index contributed by atoms with van der Waals surface area (Å²) in [4.78, 5) is 17.7. The number of aryl methyl sites for hydroxylation is 3. The molecule has 2 heterocycles. The minimum Gasteiger partial charge on any atom is -0.349 e. The molecule has 0 aliphatic rings. The second kappa shape index (κ2) is 9.13. The highest BCUT2D eigenvalue weighted by Crippen LogP contribution is 2.28. The summed E-state index contributed by atoms with van der Waals surface area (Å²) >= 11 is 0. The smallest absolute Gasteiger partial charge is 0.254 e. The van der Waals surface area contributed by atoms with Gasteiger partial charge in [0.25, 0.3) is 5.91 Å². The predicted molar refractivity (Wildman–Crippen MR) is 124 cm³/mol. The summed E-state index contributed by atoms with van der Waals surface area (Å²) in [5, 5.41) is 7.87. The van der Waals surface area contributed by atoms with Crippen LogP contribution in [0.2, 0.25) is 0 Å². The Morgan fingerprint density at radius 2 is 1.74 bits per heavy atom. The van der Waals surface area contributed by atoms with Gasteiger partial charge in [0.15, 0.2) is 5.65 Å². The van der Waals surface area contributed by atoms with Gasteiger partial charge in [0.2, 0.25) is 0 Å². The van der Waals surface area contributed by atoms with E-state index in [2.05, 4.69) is 34.6 Å². The molecule has 4 rings (SSSR count). The fourth-order valence-corrected chi connectivity index (χ4v) is 4.01. The van der Waals surface area contributed by atoms with E-state index < -0.39 is 0 Å². The molecule has 0 bridgehead atoms. The van der Waals surface area contributed by atoms with Gasteiger partial charge in [0.1, 0.15) is 0 Å². The van der Waals surface area contributed by atoms with E-state index in [0.29, 0.717) is 12.0 Å². The molecule has 5 heteroatoms. The average molecular weight is 413 g/mol. The zero-order valence-corrected chi connectivity index (χ0v) is 18.3. The van der Waals surface area contributed by atoms with Crippen molar-refractivity contribution in [3.8, 4) is 11.1 Å². The third kappa shape index (κ3) is 4.36. The molecule has 0 saturated heterocycles. The second-order valence-corrected chi connectivity index (χ2v) is 7.93. The van der Waals surface area contributed by atoms with Gasteiger partial charge in [-0.15, -0.1) is 0 Å². The van der Waals surface area contributed by atoms with E-state index in [0.717, 1.165) is 41.0 Å². The van der Waals surface area contributed by atoms with Crippen LogP contribution in [0, 0.1) is 6.92 Å². The van der Waals surface area contributed by atoms with E-state index in [1.54, 1.807) is 6.20 Å². The standard InChI is InChI=1S/C26H28N4O/c1-4-23-22(26(31)28-18(2)15-16-20-11-7-5-8-12-20)17-27-25-24(19(3)29-30(23)25)21-13-9-6-10-14-21/h5-14,17-18H,4,15-16H2,1-3H3,(H,28,31). The predicted octanol–water partition coefficient (Wildman–Crippen LogP) is 5.02. The summed E-state index contributed by atoms with van der Waals surface area (Å²) in [6.07, 6.45) is 4.20. The molecule has 0 fully saturated rings. The lowest BCUT2D eigenvalue weighted by molar-refractivity contribution is 0.0936. The summed E-state index contributed by atoms with van der Waals surface area (Å²) in [7, 11) is 0. The molecule has 2 aromatic carbocycles. The van der Waals surface area contributed by atoms with Crippen molar-refractivity contribution in [3.63, 3.8) is 0 Å². The molecule has 5 nitrogen and oxygen atoms in total. The maximum absolute atomic E-state index is 13.1.